The maximum absolute atomic E-state index is 10.8. The molecule has 0 saturated heterocycles. The van der Waals surface area contributed by atoms with Crippen molar-refractivity contribution in [1.82, 2.24) is 15.6 Å². The summed E-state index contributed by atoms with van der Waals surface area (Å²) in [6.07, 6.45) is 5.10. The summed E-state index contributed by atoms with van der Waals surface area (Å²) in [4.78, 5) is 23.1. The second-order valence-corrected chi connectivity index (χ2v) is 3.35. The number of hydrazine groups is 1. The molecule has 0 aliphatic heterocycles. The van der Waals surface area contributed by atoms with Crippen LogP contribution in [0.5, 0.6) is 0 Å². The van der Waals surface area contributed by atoms with Crippen LogP contribution in [0.15, 0.2) is 23.6 Å². The zero-order chi connectivity index (χ0) is 10.2. The molecule has 76 valence electrons. The zero-order valence-electron chi connectivity index (χ0n) is 7.34. The van der Waals surface area contributed by atoms with Crippen LogP contribution >= 0.6 is 11.8 Å². The Balaban J connectivity index is 2.19. The van der Waals surface area contributed by atoms with Crippen molar-refractivity contribution >= 4 is 17.7 Å². The van der Waals surface area contributed by atoms with Gasteiger partial charge in [-0.05, 0) is 0 Å². The molecule has 7 heteroatoms. The summed E-state index contributed by atoms with van der Waals surface area (Å²) in [5.74, 6) is 4.97. The number of nitrogens with two attached hydrogens (primary N) is 1. The van der Waals surface area contributed by atoms with E-state index in [-0.39, 0.29) is 6.42 Å². The molecular weight excluding hydrogens is 204 g/mol. The molecule has 0 aromatic carbocycles. The quantitative estimate of drug-likeness (QED) is 0.401. The van der Waals surface area contributed by atoms with Crippen LogP contribution in [0.3, 0.4) is 0 Å². The SMILES string of the molecule is NNOC(=O)CCSc1cnccn1. The average molecular weight is 214 g/mol. The van der Waals surface area contributed by atoms with Crippen molar-refractivity contribution in [2.75, 3.05) is 5.75 Å². The van der Waals surface area contributed by atoms with Crippen molar-refractivity contribution in [2.24, 2.45) is 5.84 Å². The molecule has 0 radical (unpaired) electrons. The highest BCUT2D eigenvalue weighted by molar-refractivity contribution is 7.99. The van der Waals surface area contributed by atoms with E-state index in [0.717, 1.165) is 5.03 Å². The molecule has 0 saturated carbocycles. The monoisotopic (exact) mass is 214 g/mol. The Morgan fingerprint density at radius 3 is 3.14 bits per heavy atom. The first-order valence-electron chi connectivity index (χ1n) is 3.87. The lowest BCUT2D eigenvalue weighted by Gasteiger charge is -2.00. The normalized spacial score (nSPS) is 9.79. The first-order valence-corrected chi connectivity index (χ1v) is 4.85. The predicted molar refractivity (Wildman–Crippen MR) is 50.8 cm³/mol. The molecule has 1 aromatic rings. The molecule has 1 aromatic heterocycles. The molecule has 0 amide bonds. The third-order valence-electron chi connectivity index (χ3n) is 1.27. The van der Waals surface area contributed by atoms with Gasteiger partial charge in [0.15, 0.2) is 0 Å². The van der Waals surface area contributed by atoms with Gasteiger partial charge in [0.05, 0.1) is 12.6 Å². The average Bonchev–Trinajstić information content (AvgIpc) is 2.20. The second-order valence-electron chi connectivity index (χ2n) is 2.23. The molecular formula is C7H10N4O2S. The second kappa shape index (κ2) is 6.30. The van der Waals surface area contributed by atoms with Crippen molar-refractivity contribution in [3.05, 3.63) is 18.6 Å². The van der Waals surface area contributed by atoms with Crippen LogP contribution in [0, 0.1) is 0 Å². The molecule has 1 rings (SSSR count). The fourth-order valence-electron chi connectivity index (χ4n) is 0.716. The number of aromatic nitrogens is 2. The highest BCUT2D eigenvalue weighted by Gasteiger charge is 2.02. The fourth-order valence-corrected chi connectivity index (χ4v) is 1.46. The number of hydrogen-bond donors (Lipinski definition) is 2. The van der Waals surface area contributed by atoms with Crippen LogP contribution in [0.4, 0.5) is 0 Å². The Morgan fingerprint density at radius 2 is 2.50 bits per heavy atom. The summed E-state index contributed by atoms with van der Waals surface area (Å²) >= 11 is 1.43. The Labute approximate surface area is 85.2 Å². The van der Waals surface area contributed by atoms with Gasteiger partial charge in [0, 0.05) is 18.1 Å². The zero-order valence-corrected chi connectivity index (χ0v) is 8.16. The Bertz CT molecular complexity index is 282. The molecule has 0 atom stereocenters. The summed E-state index contributed by atoms with van der Waals surface area (Å²) in [5, 5.41) is 0.779. The molecule has 14 heavy (non-hydrogen) atoms. The molecule has 0 spiro atoms. The first-order chi connectivity index (χ1) is 6.83. The van der Waals surface area contributed by atoms with Crippen LogP contribution in [-0.2, 0) is 9.63 Å². The van der Waals surface area contributed by atoms with E-state index in [9.17, 15) is 4.79 Å². The maximum Gasteiger partial charge on any atom is 0.327 e. The minimum Gasteiger partial charge on any atom is -0.356 e. The van der Waals surface area contributed by atoms with Gasteiger partial charge in [-0.15, -0.1) is 11.8 Å². The van der Waals surface area contributed by atoms with E-state index >= 15 is 0 Å². The number of hydrogen-bond acceptors (Lipinski definition) is 7. The number of carbonyl (C=O) groups excluding carboxylic acids is 1. The molecule has 1 heterocycles. The van der Waals surface area contributed by atoms with Gasteiger partial charge < -0.3 is 4.84 Å². The number of carbonyl (C=O) groups is 1. The van der Waals surface area contributed by atoms with Crippen molar-refractivity contribution in [3.63, 3.8) is 0 Å². The lowest BCUT2D eigenvalue weighted by molar-refractivity contribution is -0.150. The van der Waals surface area contributed by atoms with E-state index in [1.165, 1.54) is 11.8 Å². The molecule has 0 bridgehead atoms. The van der Waals surface area contributed by atoms with E-state index in [4.69, 9.17) is 5.84 Å². The minimum absolute atomic E-state index is 0.269. The molecule has 0 unspecified atom stereocenters. The Morgan fingerprint density at radius 1 is 1.64 bits per heavy atom. The number of thioether (sulfide) groups is 1. The van der Waals surface area contributed by atoms with Gasteiger partial charge >= 0.3 is 5.97 Å². The van der Waals surface area contributed by atoms with Crippen molar-refractivity contribution in [3.8, 4) is 0 Å². The molecule has 6 nitrogen and oxygen atoms in total. The Hall–Kier alpha value is -1.18. The molecule has 0 aliphatic carbocycles. The lowest BCUT2D eigenvalue weighted by Crippen LogP contribution is -2.26. The van der Waals surface area contributed by atoms with Crippen molar-refractivity contribution < 1.29 is 9.63 Å². The largest absolute Gasteiger partial charge is 0.356 e. The van der Waals surface area contributed by atoms with Gasteiger partial charge in [0.2, 0.25) is 0 Å². The minimum atomic E-state index is -0.399. The van der Waals surface area contributed by atoms with Crippen LogP contribution in [0.25, 0.3) is 0 Å². The summed E-state index contributed by atoms with van der Waals surface area (Å²) in [7, 11) is 0. The third kappa shape index (κ3) is 4.17. The van der Waals surface area contributed by atoms with Gasteiger partial charge in [0.25, 0.3) is 0 Å². The van der Waals surface area contributed by atoms with E-state index in [2.05, 4.69) is 14.8 Å². The summed E-state index contributed by atoms with van der Waals surface area (Å²) < 4.78 is 0. The predicted octanol–water partition coefficient (Wildman–Crippen LogP) is -0.120. The van der Waals surface area contributed by atoms with Gasteiger partial charge in [-0.1, -0.05) is 5.59 Å². The standard InChI is InChI=1S/C7H10N4O2S/c8-11-13-7(12)1-4-14-6-5-9-2-3-10-6/h2-3,5,11H,1,4,8H2. The summed E-state index contributed by atoms with van der Waals surface area (Å²) in [6.45, 7) is 0. The fraction of sp³-hybridized carbons (Fsp3) is 0.286. The van der Waals surface area contributed by atoms with Crippen LogP contribution < -0.4 is 11.4 Å². The number of rotatable bonds is 5. The third-order valence-corrected chi connectivity index (χ3v) is 2.18. The van der Waals surface area contributed by atoms with Gasteiger partial charge in [-0.3, -0.25) is 9.78 Å². The smallest absolute Gasteiger partial charge is 0.327 e. The summed E-state index contributed by atoms with van der Waals surface area (Å²) in [6, 6.07) is 0. The van der Waals surface area contributed by atoms with Gasteiger partial charge in [-0.25, -0.2) is 10.8 Å². The van der Waals surface area contributed by atoms with Gasteiger partial charge in [-0.2, -0.15) is 0 Å². The Kier molecular flexibility index (Phi) is 4.90. The highest BCUT2D eigenvalue weighted by Crippen LogP contribution is 2.13. The summed E-state index contributed by atoms with van der Waals surface area (Å²) in [5.41, 5.74) is 1.83. The van der Waals surface area contributed by atoms with E-state index in [1.807, 2.05) is 5.59 Å². The van der Waals surface area contributed by atoms with Crippen molar-refractivity contribution in [1.29, 1.82) is 0 Å². The van der Waals surface area contributed by atoms with E-state index < -0.39 is 5.97 Å². The number of nitrogens with one attached hydrogen (secondary N) is 1. The van der Waals surface area contributed by atoms with Crippen molar-refractivity contribution in [2.45, 2.75) is 11.4 Å². The van der Waals surface area contributed by atoms with Crippen LogP contribution in [0.1, 0.15) is 6.42 Å². The van der Waals surface area contributed by atoms with Crippen LogP contribution in [-0.4, -0.2) is 21.7 Å². The lowest BCUT2D eigenvalue weighted by atomic mass is 10.5. The van der Waals surface area contributed by atoms with E-state index in [1.54, 1.807) is 18.6 Å². The van der Waals surface area contributed by atoms with Crippen LogP contribution in [0.2, 0.25) is 0 Å². The maximum atomic E-state index is 10.8. The molecule has 0 fully saturated rings. The van der Waals surface area contributed by atoms with E-state index in [0.29, 0.717) is 5.75 Å². The highest BCUT2D eigenvalue weighted by atomic mass is 32.2. The van der Waals surface area contributed by atoms with Gasteiger partial charge in [0.1, 0.15) is 5.03 Å². The molecule has 3 N–H and O–H groups in total. The number of nitrogens with zero attached hydrogens (tertiary/aromatic N) is 2. The topological polar surface area (TPSA) is 90.1 Å². The molecule has 0 aliphatic rings. The first kappa shape index (κ1) is 10.9.